The number of aromatic nitrogens is 2. The zero-order valence-electron chi connectivity index (χ0n) is 18.6. The molecule has 164 valence electrons. The Hall–Kier alpha value is -2.54. The van der Waals surface area contributed by atoms with E-state index in [2.05, 4.69) is 33.8 Å². The average Bonchev–Trinajstić information content (AvgIpc) is 3.11. The summed E-state index contributed by atoms with van der Waals surface area (Å²) in [6.45, 7) is 8.26. The van der Waals surface area contributed by atoms with Crippen LogP contribution in [-0.2, 0) is 17.9 Å². The molecule has 1 amide bonds. The van der Waals surface area contributed by atoms with Crippen LogP contribution in [-0.4, -0.2) is 47.9 Å². The number of nitrogens with zero attached hydrogens (tertiary/aromatic N) is 3. The normalized spacial score (nSPS) is 17.0. The molecule has 0 saturated carbocycles. The molecule has 1 fully saturated rings. The fourth-order valence-corrected chi connectivity index (χ4v) is 4.17. The van der Waals surface area contributed by atoms with E-state index in [-0.39, 0.29) is 5.91 Å². The number of likely N-dealkylation sites (tertiary alicyclic amines) is 1. The van der Waals surface area contributed by atoms with Crippen LogP contribution in [0, 0.1) is 12.8 Å². The molecule has 3 rings (SSSR count). The third kappa shape index (κ3) is 5.75. The number of carbonyl (C=O) groups is 1. The molecule has 7 nitrogen and oxygen atoms in total. The van der Waals surface area contributed by atoms with E-state index >= 15 is 0 Å². The van der Waals surface area contributed by atoms with Crippen molar-refractivity contribution < 1.29 is 14.3 Å². The third-order valence-electron chi connectivity index (χ3n) is 5.92. The standard InChI is InChI=1S/C23H34N4O3/c1-5-27-17(2)19(14-24-27)16-26-10-6-7-18(15-26)8-9-23(28)25-20-11-21(29-3)13-22(12-20)30-4/h11-14,18H,5-10,15-16H2,1-4H3,(H,25,28)/t18-/m0/s1. The number of nitrogens with one attached hydrogen (secondary N) is 1. The van der Waals surface area contributed by atoms with Gasteiger partial charge in [-0.05, 0) is 45.6 Å². The van der Waals surface area contributed by atoms with Gasteiger partial charge in [-0.3, -0.25) is 14.4 Å². The van der Waals surface area contributed by atoms with Gasteiger partial charge in [0.1, 0.15) is 11.5 Å². The van der Waals surface area contributed by atoms with Gasteiger partial charge in [-0.25, -0.2) is 0 Å². The Bertz CT molecular complexity index is 827. The number of anilines is 1. The molecule has 1 aromatic carbocycles. The van der Waals surface area contributed by atoms with Crippen molar-refractivity contribution in [3.63, 3.8) is 0 Å². The number of carbonyl (C=O) groups excluding carboxylic acids is 1. The number of benzene rings is 1. The largest absolute Gasteiger partial charge is 0.497 e. The molecular formula is C23H34N4O3. The lowest BCUT2D eigenvalue weighted by molar-refractivity contribution is -0.116. The number of ether oxygens (including phenoxy) is 2. The van der Waals surface area contributed by atoms with Gasteiger partial charge in [0.2, 0.25) is 5.91 Å². The van der Waals surface area contributed by atoms with Gasteiger partial charge < -0.3 is 14.8 Å². The molecular weight excluding hydrogens is 380 g/mol. The lowest BCUT2D eigenvalue weighted by Gasteiger charge is -2.32. The van der Waals surface area contributed by atoms with Crippen LogP contribution in [0.1, 0.15) is 43.9 Å². The van der Waals surface area contributed by atoms with Crippen LogP contribution in [0.3, 0.4) is 0 Å². The monoisotopic (exact) mass is 414 g/mol. The molecule has 1 aliphatic heterocycles. The summed E-state index contributed by atoms with van der Waals surface area (Å²) < 4.78 is 12.6. The molecule has 1 aromatic heterocycles. The zero-order chi connectivity index (χ0) is 21.5. The number of piperidine rings is 1. The minimum atomic E-state index is 0.0301. The molecule has 0 unspecified atom stereocenters. The molecule has 0 radical (unpaired) electrons. The van der Waals surface area contributed by atoms with Gasteiger partial charge in [0.05, 0.1) is 20.4 Å². The molecule has 2 heterocycles. The number of methoxy groups -OCH3 is 2. The molecule has 30 heavy (non-hydrogen) atoms. The Balaban J connectivity index is 1.49. The lowest BCUT2D eigenvalue weighted by Crippen LogP contribution is -2.35. The van der Waals surface area contributed by atoms with Crippen molar-refractivity contribution in [1.82, 2.24) is 14.7 Å². The van der Waals surface area contributed by atoms with Crippen LogP contribution in [0.4, 0.5) is 5.69 Å². The van der Waals surface area contributed by atoms with Crippen molar-refractivity contribution in [3.05, 3.63) is 35.7 Å². The first-order valence-electron chi connectivity index (χ1n) is 10.8. The summed E-state index contributed by atoms with van der Waals surface area (Å²) in [6, 6.07) is 5.40. The van der Waals surface area contributed by atoms with Crippen LogP contribution in [0.25, 0.3) is 0 Å². The molecule has 1 atom stereocenters. The first-order chi connectivity index (χ1) is 14.5. The predicted molar refractivity (Wildman–Crippen MR) is 118 cm³/mol. The van der Waals surface area contributed by atoms with Gasteiger partial charge >= 0.3 is 0 Å². The van der Waals surface area contributed by atoms with E-state index in [9.17, 15) is 4.79 Å². The van der Waals surface area contributed by atoms with Gasteiger partial charge in [0.25, 0.3) is 0 Å². The van der Waals surface area contributed by atoms with Crippen molar-refractivity contribution in [2.45, 2.75) is 52.6 Å². The summed E-state index contributed by atoms with van der Waals surface area (Å²) in [5, 5.41) is 7.44. The maximum atomic E-state index is 12.5. The highest BCUT2D eigenvalue weighted by Gasteiger charge is 2.22. The molecule has 0 bridgehead atoms. The summed E-state index contributed by atoms with van der Waals surface area (Å²) in [5.74, 6) is 1.90. The number of aryl methyl sites for hydroxylation is 1. The van der Waals surface area contributed by atoms with Crippen molar-refractivity contribution in [2.75, 3.05) is 32.6 Å². The molecule has 2 aromatic rings. The van der Waals surface area contributed by atoms with Gasteiger partial charge in [-0.2, -0.15) is 5.10 Å². The summed E-state index contributed by atoms with van der Waals surface area (Å²) >= 11 is 0. The van der Waals surface area contributed by atoms with Crippen LogP contribution >= 0.6 is 0 Å². The summed E-state index contributed by atoms with van der Waals surface area (Å²) in [6.07, 6.45) is 5.78. The summed E-state index contributed by atoms with van der Waals surface area (Å²) in [5.41, 5.74) is 3.26. The SMILES string of the molecule is CCn1ncc(CN2CCC[C@@H](CCC(=O)Nc3cc(OC)cc(OC)c3)C2)c1C. The van der Waals surface area contributed by atoms with Crippen LogP contribution < -0.4 is 14.8 Å². The minimum absolute atomic E-state index is 0.0301. The summed E-state index contributed by atoms with van der Waals surface area (Å²) in [4.78, 5) is 15.0. The van der Waals surface area contributed by atoms with Crippen LogP contribution in [0.5, 0.6) is 11.5 Å². The number of hydrogen-bond donors (Lipinski definition) is 1. The second kappa shape index (κ2) is 10.5. The van der Waals surface area contributed by atoms with Gasteiger partial charge in [-0.1, -0.05) is 0 Å². The average molecular weight is 415 g/mol. The van der Waals surface area contributed by atoms with Crippen LogP contribution in [0.15, 0.2) is 24.4 Å². The first kappa shape index (κ1) is 22.2. The van der Waals surface area contributed by atoms with E-state index in [0.29, 0.717) is 29.5 Å². The van der Waals surface area contributed by atoms with Gasteiger partial charge in [0.15, 0.2) is 0 Å². The van der Waals surface area contributed by atoms with E-state index in [4.69, 9.17) is 9.47 Å². The molecule has 1 saturated heterocycles. The lowest BCUT2D eigenvalue weighted by atomic mass is 9.93. The fourth-order valence-electron chi connectivity index (χ4n) is 4.17. The van der Waals surface area contributed by atoms with Gasteiger partial charge in [-0.15, -0.1) is 0 Å². The van der Waals surface area contributed by atoms with Crippen molar-refractivity contribution in [2.24, 2.45) is 5.92 Å². The summed E-state index contributed by atoms with van der Waals surface area (Å²) in [7, 11) is 3.20. The van der Waals surface area contributed by atoms with Crippen molar-refractivity contribution in [3.8, 4) is 11.5 Å². The highest BCUT2D eigenvalue weighted by molar-refractivity contribution is 5.91. The highest BCUT2D eigenvalue weighted by atomic mass is 16.5. The van der Waals surface area contributed by atoms with E-state index in [1.165, 1.54) is 24.1 Å². The second-order valence-electron chi connectivity index (χ2n) is 8.00. The Morgan fingerprint density at radius 3 is 2.60 bits per heavy atom. The highest BCUT2D eigenvalue weighted by Crippen LogP contribution is 2.27. The predicted octanol–water partition coefficient (Wildman–Crippen LogP) is 3.86. The van der Waals surface area contributed by atoms with E-state index in [1.54, 1.807) is 20.3 Å². The van der Waals surface area contributed by atoms with Gasteiger partial charge in [0, 0.05) is 61.2 Å². The molecule has 0 spiro atoms. The Morgan fingerprint density at radius 1 is 1.23 bits per heavy atom. The minimum Gasteiger partial charge on any atom is -0.497 e. The third-order valence-corrected chi connectivity index (χ3v) is 5.92. The van der Waals surface area contributed by atoms with Crippen molar-refractivity contribution >= 4 is 11.6 Å². The van der Waals surface area contributed by atoms with E-state index in [0.717, 1.165) is 32.6 Å². The van der Waals surface area contributed by atoms with E-state index in [1.807, 2.05) is 18.3 Å². The first-order valence-corrected chi connectivity index (χ1v) is 10.8. The molecule has 1 N–H and O–H groups in total. The quantitative estimate of drug-likeness (QED) is 0.675. The number of rotatable bonds is 9. The second-order valence-corrected chi connectivity index (χ2v) is 8.00. The topological polar surface area (TPSA) is 68.6 Å². The maximum absolute atomic E-state index is 12.5. The zero-order valence-corrected chi connectivity index (χ0v) is 18.6. The van der Waals surface area contributed by atoms with E-state index < -0.39 is 0 Å². The smallest absolute Gasteiger partial charge is 0.224 e. The Labute approximate surface area is 179 Å². The molecule has 0 aliphatic carbocycles. The molecule has 1 aliphatic rings. The van der Waals surface area contributed by atoms with Crippen LogP contribution in [0.2, 0.25) is 0 Å². The number of hydrogen-bond acceptors (Lipinski definition) is 5. The maximum Gasteiger partial charge on any atom is 0.224 e. The molecule has 7 heteroatoms. The number of amides is 1. The Kier molecular flexibility index (Phi) is 7.74. The van der Waals surface area contributed by atoms with Crippen molar-refractivity contribution in [1.29, 1.82) is 0 Å². The Morgan fingerprint density at radius 2 is 1.97 bits per heavy atom. The fraction of sp³-hybridized carbons (Fsp3) is 0.565.